The van der Waals surface area contributed by atoms with Gasteiger partial charge in [-0.25, -0.2) is 4.79 Å². The Hall–Kier alpha value is -4.01. The number of carbonyl (C=O) groups is 3. The Balaban J connectivity index is 4.62. The first-order chi connectivity index (χ1) is 25.1. The molecule has 0 aliphatic rings. The summed E-state index contributed by atoms with van der Waals surface area (Å²) in [6.07, 6.45) is 45.6. The first-order valence-electron chi connectivity index (χ1n) is 19.0. The zero-order valence-corrected chi connectivity index (χ0v) is 32.7. The molecule has 8 nitrogen and oxygen atoms in total. The van der Waals surface area contributed by atoms with Crippen molar-refractivity contribution in [3.63, 3.8) is 0 Å². The predicted octanol–water partition coefficient (Wildman–Crippen LogP) is 9.73. The lowest BCUT2D eigenvalue weighted by Crippen LogP contribution is -2.50. The van der Waals surface area contributed by atoms with Crippen LogP contribution in [0.4, 0.5) is 0 Å². The molecule has 0 radical (unpaired) electrons. The molecule has 2 unspecified atom stereocenters. The molecule has 0 amide bonds. The van der Waals surface area contributed by atoms with E-state index in [2.05, 4.69) is 38.2 Å². The zero-order chi connectivity index (χ0) is 38.5. The second-order valence-corrected chi connectivity index (χ2v) is 13.3. The summed E-state index contributed by atoms with van der Waals surface area (Å²) in [4.78, 5) is 36.8. The molecule has 0 spiro atoms. The number of hydrogen-bond acceptors (Lipinski definition) is 6. The van der Waals surface area contributed by atoms with Crippen LogP contribution in [0.1, 0.15) is 97.3 Å². The molecule has 0 aliphatic carbocycles. The maximum atomic E-state index is 12.7. The van der Waals surface area contributed by atoms with Crippen molar-refractivity contribution in [2.75, 3.05) is 41.0 Å². The van der Waals surface area contributed by atoms with Gasteiger partial charge in [0.15, 0.2) is 12.1 Å². The Bertz CT molecular complexity index is 1210. The van der Waals surface area contributed by atoms with Gasteiger partial charge in [0.25, 0.3) is 0 Å². The Morgan fingerprint density at radius 2 is 1.02 bits per heavy atom. The van der Waals surface area contributed by atoms with Crippen LogP contribution in [-0.4, -0.2) is 80.6 Å². The van der Waals surface area contributed by atoms with Gasteiger partial charge in [0.05, 0.1) is 34.4 Å². The summed E-state index contributed by atoms with van der Waals surface area (Å²) < 4.78 is 17.1. The van der Waals surface area contributed by atoms with Crippen molar-refractivity contribution in [1.82, 2.24) is 0 Å². The number of rotatable bonds is 31. The zero-order valence-electron chi connectivity index (χ0n) is 32.7. The number of unbranched alkanes of at least 4 members (excludes halogenated alkanes) is 6. The van der Waals surface area contributed by atoms with Gasteiger partial charge < -0.3 is 23.8 Å². The van der Waals surface area contributed by atoms with E-state index in [1.54, 1.807) is 0 Å². The van der Waals surface area contributed by atoms with Gasteiger partial charge in [0, 0.05) is 19.3 Å². The quantitative estimate of drug-likeness (QED) is 0.0329. The number of carboxylic acids is 1. The smallest absolute Gasteiger partial charge is 0.362 e. The largest absolute Gasteiger partial charge is 0.477 e. The maximum Gasteiger partial charge on any atom is 0.362 e. The fraction of sp³-hybridized carbons (Fsp3) is 0.523. The number of quaternary nitrogens is 1. The van der Waals surface area contributed by atoms with E-state index in [9.17, 15) is 19.5 Å². The summed E-state index contributed by atoms with van der Waals surface area (Å²) >= 11 is 0. The highest BCUT2D eigenvalue weighted by Crippen LogP contribution is 2.11. The molecule has 290 valence electrons. The monoisotopic (exact) mass is 722 g/mol. The lowest BCUT2D eigenvalue weighted by molar-refractivity contribution is -0.887. The molecule has 0 aromatic carbocycles. The topological polar surface area (TPSA) is 99.1 Å². The van der Waals surface area contributed by atoms with Crippen molar-refractivity contribution < 1.29 is 38.2 Å². The molecule has 0 bridgehead atoms. The first-order valence-corrected chi connectivity index (χ1v) is 19.0. The first kappa shape index (κ1) is 48.0. The lowest BCUT2D eigenvalue weighted by atomic mass is 10.1. The van der Waals surface area contributed by atoms with Gasteiger partial charge in [-0.2, -0.15) is 0 Å². The van der Waals surface area contributed by atoms with Crippen molar-refractivity contribution in [2.45, 2.75) is 109 Å². The Kier molecular flexibility index (Phi) is 31.5. The molecule has 1 N–H and O–H groups in total. The third-order valence-corrected chi connectivity index (χ3v) is 7.64. The van der Waals surface area contributed by atoms with Gasteiger partial charge >= 0.3 is 17.9 Å². The van der Waals surface area contributed by atoms with Gasteiger partial charge in [0.1, 0.15) is 6.61 Å². The average molecular weight is 723 g/mol. The molecule has 0 heterocycles. The number of hydrogen-bond donors (Lipinski definition) is 1. The highest BCUT2D eigenvalue weighted by atomic mass is 16.6. The molecule has 8 heteroatoms. The third-order valence-electron chi connectivity index (χ3n) is 7.64. The van der Waals surface area contributed by atoms with Crippen LogP contribution in [0.25, 0.3) is 0 Å². The molecular weight excluding hydrogens is 654 g/mol. The minimum absolute atomic E-state index is 0.0220. The minimum Gasteiger partial charge on any atom is -0.477 e. The van der Waals surface area contributed by atoms with Crippen molar-refractivity contribution in [3.05, 3.63) is 109 Å². The highest BCUT2D eigenvalue weighted by Gasteiger charge is 2.31. The Morgan fingerprint density at radius 3 is 1.46 bits per heavy atom. The normalized spacial score (nSPS) is 14.2. The van der Waals surface area contributed by atoms with Crippen molar-refractivity contribution in [3.8, 4) is 0 Å². The summed E-state index contributed by atoms with van der Waals surface area (Å²) in [6.45, 7) is 4.31. The summed E-state index contributed by atoms with van der Waals surface area (Å²) in [5.74, 6) is -1.60. The predicted molar refractivity (Wildman–Crippen MR) is 215 cm³/mol. The van der Waals surface area contributed by atoms with E-state index >= 15 is 0 Å². The van der Waals surface area contributed by atoms with Crippen molar-refractivity contribution in [2.24, 2.45) is 0 Å². The lowest BCUT2D eigenvalue weighted by Gasteiger charge is -2.31. The van der Waals surface area contributed by atoms with Crippen LogP contribution < -0.4 is 0 Å². The third kappa shape index (κ3) is 31.9. The molecule has 0 aliphatic heterocycles. The van der Waals surface area contributed by atoms with Gasteiger partial charge in [-0.15, -0.1) is 0 Å². The number of carboxylic acid groups (broad SMARTS) is 1. The summed E-state index contributed by atoms with van der Waals surface area (Å²) in [5, 5.41) is 9.58. The molecule has 0 aromatic rings. The summed E-state index contributed by atoms with van der Waals surface area (Å²) in [6, 6.07) is -0.635. The van der Waals surface area contributed by atoms with E-state index < -0.39 is 18.1 Å². The minimum atomic E-state index is -0.896. The van der Waals surface area contributed by atoms with E-state index in [1.807, 2.05) is 106 Å². The number of carbonyl (C=O) groups excluding carboxylic acids is 2. The van der Waals surface area contributed by atoms with E-state index in [4.69, 9.17) is 14.2 Å². The second-order valence-electron chi connectivity index (χ2n) is 13.3. The van der Waals surface area contributed by atoms with Gasteiger partial charge in [-0.05, 0) is 51.4 Å². The van der Waals surface area contributed by atoms with E-state index in [0.29, 0.717) is 19.3 Å². The van der Waals surface area contributed by atoms with Crippen molar-refractivity contribution >= 4 is 17.9 Å². The van der Waals surface area contributed by atoms with Crippen LogP contribution in [0.5, 0.6) is 0 Å². The van der Waals surface area contributed by atoms with Crippen LogP contribution in [0.15, 0.2) is 109 Å². The number of allylic oxidation sites excluding steroid dienone is 18. The van der Waals surface area contributed by atoms with Crippen LogP contribution in [0.2, 0.25) is 0 Å². The van der Waals surface area contributed by atoms with Crippen LogP contribution >= 0.6 is 0 Å². The van der Waals surface area contributed by atoms with Gasteiger partial charge in [-0.3, -0.25) is 9.59 Å². The summed E-state index contributed by atoms with van der Waals surface area (Å²) in [5.41, 5.74) is 0. The molecule has 2 atom stereocenters. The molecular formula is C44H68NO7+. The molecule has 0 fully saturated rings. The molecule has 0 saturated carbocycles. The maximum absolute atomic E-state index is 12.7. The Morgan fingerprint density at radius 1 is 0.577 bits per heavy atom. The van der Waals surface area contributed by atoms with Crippen LogP contribution in [0, 0.1) is 0 Å². The second kappa shape index (κ2) is 34.1. The molecule has 0 aromatic heterocycles. The van der Waals surface area contributed by atoms with Gasteiger partial charge in [-0.1, -0.05) is 136 Å². The van der Waals surface area contributed by atoms with Crippen molar-refractivity contribution in [1.29, 1.82) is 0 Å². The Labute approximate surface area is 315 Å². The molecule has 0 rings (SSSR count). The average Bonchev–Trinajstić information content (AvgIpc) is 3.09. The van der Waals surface area contributed by atoms with E-state index in [0.717, 1.165) is 57.8 Å². The number of nitrogens with zero attached hydrogens (tertiary/aromatic N) is 1. The fourth-order valence-electron chi connectivity index (χ4n) is 4.71. The fourth-order valence-corrected chi connectivity index (χ4v) is 4.71. The molecule has 0 saturated heterocycles. The number of aliphatic carboxylic acids is 1. The van der Waals surface area contributed by atoms with Crippen LogP contribution in [-0.2, 0) is 28.6 Å². The summed E-state index contributed by atoms with van der Waals surface area (Å²) in [7, 11) is 5.47. The number of esters is 2. The standard InChI is InChI=1S/C44H67NO7/c1-6-8-10-12-14-16-18-20-21-23-25-27-29-31-33-35-43(47)52-40(38-50-37-36-41(44(48)49)45(3,4)5)39-51-42(46)34-32-30-28-26-24-22-19-17-15-13-11-9-7-2/h8-25,40-41H,6-7,26-39H2,1-5H3/p+1/b10-8+,11-9+,14-12+,15-13+,18-16+,19-17+,21-20+,24-22+,25-23+. The van der Waals surface area contributed by atoms with E-state index in [1.165, 1.54) is 0 Å². The van der Waals surface area contributed by atoms with Gasteiger partial charge in [0.2, 0.25) is 0 Å². The number of likely N-dealkylation sites (N-methyl/N-ethyl adjacent to an activating group) is 1. The SMILES string of the molecule is CC/C=C/C=C/C=C/C=C/C=C/CCCCCC(=O)OC(COCCC(C(=O)O)[N+](C)(C)C)COC(=O)CCCCC/C=C/C=C/C=C/C=C/CC. The highest BCUT2D eigenvalue weighted by molar-refractivity contribution is 5.72. The van der Waals surface area contributed by atoms with E-state index in [-0.39, 0.29) is 42.7 Å². The number of ether oxygens (including phenoxy) is 3. The van der Waals surface area contributed by atoms with Crippen LogP contribution in [0.3, 0.4) is 0 Å². The molecule has 52 heavy (non-hydrogen) atoms.